The summed E-state index contributed by atoms with van der Waals surface area (Å²) in [6, 6.07) is 1.13. The third kappa shape index (κ3) is 2.46. The van der Waals surface area contributed by atoms with Gasteiger partial charge in [0, 0.05) is 10.7 Å². The lowest BCUT2D eigenvalue weighted by molar-refractivity contribution is 0.401. The molecule has 0 aliphatic carbocycles. The highest BCUT2D eigenvalue weighted by Crippen LogP contribution is 2.27. The molecule has 0 aliphatic rings. The van der Waals surface area contributed by atoms with Crippen LogP contribution in [0.15, 0.2) is 17.2 Å². The van der Waals surface area contributed by atoms with E-state index in [0.29, 0.717) is 0 Å². The van der Waals surface area contributed by atoms with Gasteiger partial charge in [-0.2, -0.15) is 0 Å². The molecule has 13 heavy (non-hydrogen) atoms. The summed E-state index contributed by atoms with van der Waals surface area (Å²) >= 11 is 5.49. The van der Waals surface area contributed by atoms with E-state index in [2.05, 4.69) is 4.98 Å². The van der Waals surface area contributed by atoms with E-state index in [0.717, 1.165) is 6.07 Å². The van der Waals surface area contributed by atoms with Gasteiger partial charge in [-0.1, -0.05) is 11.6 Å². The van der Waals surface area contributed by atoms with Crippen LogP contribution in [0.2, 0.25) is 5.15 Å². The second kappa shape index (κ2) is 3.69. The molecule has 7 heteroatoms. The van der Waals surface area contributed by atoms with Crippen molar-refractivity contribution in [3.05, 3.63) is 17.4 Å². The third-order valence-corrected chi connectivity index (χ3v) is 2.83. The maximum atomic E-state index is 11.0. The molecular formula is C6H5Cl2NO3S. The van der Waals surface area contributed by atoms with Gasteiger partial charge in [-0.3, -0.25) is 0 Å². The molecule has 0 saturated heterocycles. The lowest BCUT2D eigenvalue weighted by Gasteiger charge is -2.03. The van der Waals surface area contributed by atoms with Crippen molar-refractivity contribution in [2.24, 2.45) is 0 Å². The first-order valence-electron chi connectivity index (χ1n) is 3.09. The van der Waals surface area contributed by atoms with Crippen molar-refractivity contribution in [2.45, 2.75) is 4.90 Å². The van der Waals surface area contributed by atoms with Crippen LogP contribution in [0, 0.1) is 0 Å². The number of halogens is 2. The standard InChI is InChI=1S/C6H5Cl2NO3S/c1-12-4-3-9-6(7)2-5(4)13(8,10)11/h2-3H,1H3. The van der Waals surface area contributed by atoms with Crippen molar-refractivity contribution >= 4 is 31.3 Å². The first-order valence-corrected chi connectivity index (χ1v) is 5.78. The zero-order valence-electron chi connectivity index (χ0n) is 6.49. The van der Waals surface area contributed by atoms with Gasteiger partial charge >= 0.3 is 0 Å². The van der Waals surface area contributed by atoms with Gasteiger partial charge in [-0.05, 0) is 6.07 Å². The van der Waals surface area contributed by atoms with Crippen LogP contribution in [-0.2, 0) is 9.05 Å². The number of nitrogens with zero attached hydrogens (tertiary/aromatic N) is 1. The van der Waals surface area contributed by atoms with Gasteiger partial charge in [0.1, 0.15) is 10.0 Å². The van der Waals surface area contributed by atoms with Crippen LogP contribution >= 0.6 is 22.3 Å². The Hall–Kier alpha value is -0.520. The van der Waals surface area contributed by atoms with E-state index in [1.807, 2.05) is 0 Å². The van der Waals surface area contributed by atoms with Crippen LogP contribution in [0.3, 0.4) is 0 Å². The smallest absolute Gasteiger partial charge is 0.265 e. The largest absolute Gasteiger partial charge is 0.494 e. The van der Waals surface area contributed by atoms with E-state index in [4.69, 9.17) is 27.0 Å². The molecule has 0 saturated carbocycles. The monoisotopic (exact) mass is 241 g/mol. The maximum Gasteiger partial charge on any atom is 0.265 e. The lowest BCUT2D eigenvalue weighted by atomic mass is 10.5. The number of ether oxygens (including phenoxy) is 1. The van der Waals surface area contributed by atoms with Crippen LogP contribution in [0.25, 0.3) is 0 Å². The van der Waals surface area contributed by atoms with Crippen LogP contribution in [0.5, 0.6) is 5.75 Å². The Morgan fingerprint density at radius 1 is 1.54 bits per heavy atom. The van der Waals surface area contributed by atoms with Crippen molar-refractivity contribution in [1.29, 1.82) is 0 Å². The van der Waals surface area contributed by atoms with Gasteiger partial charge in [-0.25, -0.2) is 13.4 Å². The number of methoxy groups -OCH3 is 1. The minimum absolute atomic E-state index is 0.0417. The van der Waals surface area contributed by atoms with Crippen molar-refractivity contribution in [3.63, 3.8) is 0 Å². The summed E-state index contributed by atoms with van der Waals surface area (Å²) < 4.78 is 26.7. The van der Waals surface area contributed by atoms with Gasteiger partial charge in [0.25, 0.3) is 9.05 Å². The predicted octanol–water partition coefficient (Wildman–Crippen LogP) is 1.67. The lowest BCUT2D eigenvalue weighted by Crippen LogP contribution is -1.97. The Balaban J connectivity index is 3.41. The molecule has 0 aromatic carbocycles. The molecule has 1 aromatic rings. The number of pyridine rings is 1. The van der Waals surface area contributed by atoms with Crippen molar-refractivity contribution in [3.8, 4) is 5.75 Å². The number of rotatable bonds is 2. The fourth-order valence-electron chi connectivity index (χ4n) is 0.744. The highest BCUT2D eigenvalue weighted by atomic mass is 35.7. The Morgan fingerprint density at radius 3 is 2.62 bits per heavy atom. The van der Waals surface area contributed by atoms with Crippen molar-refractivity contribution in [1.82, 2.24) is 4.98 Å². The normalized spacial score (nSPS) is 11.3. The summed E-state index contributed by atoms with van der Waals surface area (Å²) in [7, 11) is 2.59. The van der Waals surface area contributed by atoms with Gasteiger partial charge in [0.05, 0.1) is 13.3 Å². The number of aromatic nitrogens is 1. The maximum absolute atomic E-state index is 11.0. The Bertz CT molecular complexity index is 418. The van der Waals surface area contributed by atoms with E-state index >= 15 is 0 Å². The molecule has 1 heterocycles. The summed E-state index contributed by atoms with van der Waals surface area (Å²) in [5.74, 6) is 0.0689. The minimum Gasteiger partial charge on any atom is -0.494 e. The Kier molecular flexibility index (Phi) is 3.00. The molecule has 72 valence electrons. The number of hydrogen-bond donors (Lipinski definition) is 0. The van der Waals surface area contributed by atoms with E-state index < -0.39 is 9.05 Å². The summed E-state index contributed by atoms with van der Waals surface area (Å²) in [6.07, 6.45) is 1.19. The fraction of sp³-hybridized carbons (Fsp3) is 0.167. The summed E-state index contributed by atoms with van der Waals surface area (Å²) in [5, 5.41) is 0.0417. The van der Waals surface area contributed by atoms with Crippen LogP contribution in [-0.4, -0.2) is 20.5 Å². The van der Waals surface area contributed by atoms with E-state index in [1.165, 1.54) is 13.3 Å². The SMILES string of the molecule is COc1cnc(Cl)cc1S(=O)(=O)Cl. The molecule has 0 bridgehead atoms. The molecule has 0 aliphatic heterocycles. The molecule has 0 amide bonds. The van der Waals surface area contributed by atoms with Crippen LogP contribution in [0.1, 0.15) is 0 Å². The average molecular weight is 242 g/mol. The van der Waals surface area contributed by atoms with Crippen molar-refractivity contribution < 1.29 is 13.2 Å². The number of hydrogen-bond acceptors (Lipinski definition) is 4. The van der Waals surface area contributed by atoms with Gasteiger partial charge in [-0.15, -0.1) is 0 Å². The van der Waals surface area contributed by atoms with E-state index in [9.17, 15) is 8.42 Å². The van der Waals surface area contributed by atoms with Gasteiger partial charge in [0.15, 0.2) is 5.75 Å². The molecule has 1 rings (SSSR count). The second-order valence-electron chi connectivity index (χ2n) is 2.10. The van der Waals surface area contributed by atoms with Gasteiger partial charge < -0.3 is 4.74 Å². The van der Waals surface area contributed by atoms with Crippen LogP contribution < -0.4 is 4.74 Å². The molecule has 0 radical (unpaired) electrons. The van der Waals surface area contributed by atoms with E-state index in [1.54, 1.807) is 0 Å². The van der Waals surface area contributed by atoms with Gasteiger partial charge in [0.2, 0.25) is 0 Å². The minimum atomic E-state index is -3.85. The summed E-state index contributed by atoms with van der Waals surface area (Å²) in [5.41, 5.74) is 0. The molecule has 4 nitrogen and oxygen atoms in total. The zero-order chi connectivity index (χ0) is 10.1. The van der Waals surface area contributed by atoms with E-state index in [-0.39, 0.29) is 15.8 Å². The average Bonchev–Trinajstić information content (AvgIpc) is 2.03. The molecule has 0 N–H and O–H groups in total. The molecule has 1 aromatic heterocycles. The Morgan fingerprint density at radius 2 is 2.15 bits per heavy atom. The van der Waals surface area contributed by atoms with Crippen LogP contribution in [0.4, 0.5) is 0 Å². The summed E-state index contributed by atoms with van der Waals surface area (Å²) in [4.78, 5) is 3.46. The fourth-order valence-corrected chi connectivity index (χ4v) is 1.96. The predicted molar refractivity (Wildman–Crippen MR) is 48.8 cm³/mol. The second-order valence-corrected chi connectivity index (χ2v) is 5.02. The zero-order valence-corrected chi connectivity index (χ0v) is 8.82. The third-order valence-electron chi connectivity index (χ3n) is 1.28. The molecule has 0 fully saturated rings. The van der Waals surface area contributed by atoms with Crippen molar-refractivity contribution in [2.75, 3.05) is 7.11 Å². The Labute approximate surface area is 84.9 Å². The quantitative estimate of drug-likeness (QED) is 0.584. The molecular weight excluding hydrogens is 237 g/mol. The first kappa shape index (κ1) is 10.6. The summed E-state index contributed by atoms with van der Waals surface area (Å²) in [6.45, 7) is 0. The molecule has 0 atom stereocenters. The molecule has 0 unspecified atom stereocenters. The highest BCUT2D eigenvalue weighted by molar-refractivity contribution is 8.13. The topological polar surface area (TPSA) is 56.3 Å². The highest BCUT2D eigenvalue weighted by Gasteiger charge is 2.17. The molecule has 0 spiro atoms. The first-order chi connectivity index (χ1) is 5.95.